The minimum Gasteiger partial charge on any atom is -0.299 e. The van der Waals surface area contributed by atoms with Gasteiger partial charge in [-0.1, -0.05) is 6.92 Å². The SMILES string of the molecule is Cn1cc(CCC(=O)C2(C)CC2)cn1. The zero-order chi connectivity index (χ0) is 10.2. The summed E-state index contributed by atoms with van der Waals surface area (Å²) in [6.07, 6.45) is 7.48. The minimum absolute atomic E-state index is 0.0300. The number of ketones is 1. The molecule has 0 unspecified atom stereocenters. The first-order chi connectivity index (χ1) is 6.60. The average Bonchev–Trinajstić information content (AvgIpc) is 2.76. The predicted octanol–water partition coefficient (Wildman–Crippen LogP) is 1.72. The molecule has 1 aromatic heterocycles. The van der Waals surface area contributed by atoms with Crippen molar-refractivity contribution in [2.24, 2.45) is 12.5 Å². The molecular formula is C11H16N2O. The van der Waals surface area contributed by atoms with Gasteiger partial charge in [0.05, 0.1) is 6.20 Å². The van der Waals surface area contributed by atoms with Crippen molar-refractivity contribution in [2.75, 3.05) is 0 Å². The molecule has 0 radical (unpaired) electrons. The lowest BCUT2D eigenvalue weighted by molar-refractivity contribution is -0.123. The van der Waals surface area contributed by atoms with E-state index in [2.05, 4.69) is 12.0 Å². The van der Waals surface area contributed by atoms with Crippen LogP contribution in [-0.4, -0.2) is 15.6 Å². The van der Waals surface area contributed by atoms with Crippen LogP contribution < -0.4 is 0 Å². The summed E-state index contributed by atoms with van der Waals surface area (Å²) in [5.41, 5.74) is 1.19. The summed E-state index contributed by atoms with van der Waals surface area (Å²) in [6.45, 7) is 2.07. The molecule has 3 nitrogen and oxygen atoms in total. The van der Waals surface area contributed by atoms with Crippen LogP contribution in [0.25, 0.3) is 0 Å². The summed E-state index contributed by atoms with van der Waals surface area (Å²) in [6, 6.07) is 0. The third kappa shape index (κ3) is 1.86. The van der Waals surface area contributed by atoms with Crippen molar-refractivity contribution < 1.29 is 4.79 Å². The lowest BCUT2D eigenvalue weighted by Crippen LogP contribution is -2.12. The van der Waals surface area contributed by atoms with Crippen molar-refractivity contribution >= 4 is 5.78 Å². The smallest absolute Gasteiger partial charge is 0.139 e. The monoisotopic (exact) mass is 192 g/mol. The standard InChI is InChI=1S/C11H16N2O/c1-11(5-6-11)10(14)4-3-9-7-12-13(2)8-9/h7-8H,3-6H2,1-2H3. The Bertz CT molecular complexity index is 350. The second-order valence-electron chi connectivity index (χ2n) is 4.51. The van der Waals surface area contributed by atoms with E-state index in [9.17, 15) is 4.79 Å². The van der Waals surface area contributed by atoms with Crippen LogP contribution in [0, 0.1) is 5.41 Å². The number of aromatic nitrogens is 2. The van der Waals surface area contributed by atoms with Crippen LogP contribution in [0.4, 0.5) is 0 Å². The lowest BCUT2D eigenvalue weighted by atomic mass is 9.98. The molecule has 3 heteroatoms. The van der Waals surface area contributed by atoms with Crippen LogP contribution >= 0.6 is 0 Å². The van der Waals surface area contributed by atoms with Gasteiger partial charge < -0.3 is 0 Å². The van der Waals surface area contributed by atoms with E-state index in [0.29, 0.717) is 12.2 Å². The molecule has 76 valence electrons. The van der Waals surface area contributed by atoms with Crippen LogP contribution in [0.3, 0.4) is 0 Å². The van der Waals surface area contributed by atoms with Gasteiger partial charge in [0.15, 0.2) is 0 Å². The van der Waals surface area contributed by atoms with Crippen molar-refractivity contribution in [3.05, 3.63) is 18.0 Å². The highest BCUT2D eigenvalue weighted by Crippen LogP contribution is 2.46. The highest BCUT2D eigenvalue weighted by Gasteiger charge is 2.43. The van der Waals surface area contributed by atoms with Gasteiger partial charge in [-0.25, -0.2) is 0 Å². The summed E-state index contributed by atoms with van der Waals surface area (Å²) in [5.74, 6) is 0.418. The Morgan fingerprint density at radius 1 is 1.64 bits per heavy atom. The Morgan fingerprint density at radius 2 is 2.36 bits per heavy atom. The molecule has 0 N–H and O–H groups in total. The van der Waals surface area contributed by atoms with Gasteiger partial charge in [0.2, 0.25) is 0 Å². The molecule has 1 saturated carbocycles. The Kier molecular flexibility index (Phi) is 2.17. The maximum atomic E-state index is 11.7. The van der Waals surface area contributed by atoms with Crippen LogP contribution in [0.5, 0.6) is 0 Å². The molecule has 0 amide bonds. The van der Waals surface area contributed by atoms with Gasteiger partial charge in [0.1, 0.15) is 5.78 Å². The number of aryl methyl sites for hydroxylation is 2. The van der Waals surface area contributed by atoms with E-state index >= 15 is 0 Å². The Hall–Kier alpha value is -1.12. The van der Waals surface area contributed by atoms with E-state index in [4.69, 9.17) is 0 Å². The van der Waals surface area contributed by atoms with E-state index in [0.717, 1.165) is 24.8 Å². The molecule has 14 heavy (non-hydrogen) atoms. The summed E-state index contributed by atoms with van der Waals surface area (Å²) in [5, 5.41) is 4.08. The summed E-state index contributed by atoms with van der Waals surface area (Å²) in [4.78, 5) is 11.7. The maximum Gasteiger partial charge on any atom is 0.139 e. The van der Waals surface area contributed by atoms with Gasteiger partial charge in [-0.3, -0.25) is 9.48 Å². The molecule has 0 saturated heterocycles. The molecule has 1 aliphatic carbocycles. The quantitative estimate of drug-likeness (QED) is 0.728. The first kappa shape index (κ1) is 9.44. The van der Waals surface area contributed by atoms with Crippen molar-refractivity contribution in [3.8, 4) is 0 Å². The van der Waals surface area contributed by atoms with Crippen LogP contribution in [-0.2, 0) is 18.3 Å². The molecular weight excluding hydrogens is 176 g/mol. The Labute approximate surface area is 84.1 Å². The first-order valence-electron chi connectivity index (χ1n) is 5.11. The fourth-order valence-electron chi connectivity index (χ4n) is 1.63. The third-order valence-corrected chi connectivity index (χ3v) is 3.07. The normalized spacial score (nSPS) is 18.1. The maximum absolute atomic E-state index is 11.7. The largest absolute Gasteiger partial charge is 0.299 e. The van der Waals surface area contributed by atoms with Gasteiger partial charge in [0, 0.05) is 25.1 Å². The molecule has 0 spiro atoms. The molecule has 1 aliphatic rings. The molecule has 0 aromatic carbocycles. The van der Waals surface area contributed by atoms with Gasteiger partial charge >= 0.3 is 0 Å². The Morgan fingerprint density at radius 3 is 2.86 bits per heavy atom. The highest BCUT2D eigenvalue weighted by molar-refractivity contribution is 5.87. The fraction of sp³-hybridized carbons (Fsp3) is 0.636. The molecule has 1 fully saturated rings. The van der Waals surface area contributed by atoms with Crippen LogP contribution in [0.2, 0.25) is 0 Å². The average molecular weight is 192 g/mol. The van der Waals surface area contributed by atoms with Gasteiger partial charge in [-0.05, 0) is 24.8 Å². The molecule has 0 atom stereocenters. The zero-order valence-corrected chi connectivity index (χ0v) is 8.79. The Balaban J connectivity index is 1.85. The lowest BCUT2D eigenvalue weighted by Gasteiger charge is -2.05. The predicted molar refractivity (Wildman–Crippen MR) is 53.9 cm³/mol. The number of hydrogen-bond donors (Lipinski definition) is 0. The number of Topliss-reactive ketones (excluding diaryl/α,β-unsaturated/α-hetero) is 1. The topological polar surface area (TPSA) is 34.9 Å². The van der Waals surface area contributed by atoms with Crippen molar-refractivity contribution in [1.82, 2.24) is 9.78 Å². The summed E-state index contributed by atoms with van der Waals surface area (Å²) in [7, 11) is 1.90. The number of carbonyl (C=O) groups excluding carboxylic acids is 1. The number of nitrogens with zero attached hydrogens (tertiary/aromatic N) is 2. The van der Waals surface area contributed by atoms with E-state index in [-0.39, 0.29) is 5.41 Å². The van der Waals surface area contributed by atoms with Crippen molar-refractivity contribution in [3.63, 3.8) is 0 Å². The number of hydrogen-bond acceptors (Lipinski definition) is 2. The van der Waals surface area contributed by atoms with Gasteiger partial charge in [-0.15, -0.1) is 0 Å². The minimum atomic E-state index is 0.0300. The molecule has 1 heterocycles. The highest BCUT2D eigenvalue weighted by atomic mass is 16.1. The van der Waals surface area contributed by atoms with Crippen LogP contribution in [0.1, 0.15) is 31.7 Å². The van der Waals surface area contributed by atoms with E-state index in [1.54, 1.807) is 4.68 Å². The molecule has 2 rings (SSSR count). The third-order valence-electron chi connectivity index (χ3n) is 3.07. The second-order valence-corrected chi connectivity index (χ2v) is 4.51. The van der Waals surface area contributed by atoms with Gasteiger partial charge in [0.25, 0.3) is 0 Å². The van der Waals surface area contributed by atoms with Crippen LogP contribution in [0.15, 0.2) is 12.4 Å². The molecule has 0 bridgehead atoms. The van der Waals surface area contributed by atoms with Crippen molar-refractivity contribution in [1.29, 1.82) is 0 Å². The van der Waals surface area contributed by atoms with E-state index < -0.39 is 0 Å². The molecule has 0 aliphatic heterocycles. The van der Waals surface area contributed by atoms with E-state index in [1.165, 1.54) is 0 Å². The second kappa shape index (κ2) is 3.23. The number of rotatable bonds is 4. The van der Waals surface area contributed by atoms with Crippen molar-refractivity contribution in [2.45, 2.75) is 32.6 Å². The summed E-state index contributed by atoms with van der Waals surface area (Å²) < 4.78 is 1.78. The van der Waals surface area contributed by atoms with E-state index in [1.807, 2.05) is 19.4 Å². The number of carbonyl (C=O) groups is 1. The fourth-order valence-corrected chi connectivity index (χ4v) is 1.63. The summed E-state index contributed by atoms with van der Waals surface area (Å²) >= 11 is 0. The molecule has 1 aromatic rings. The van der Waals surface area contributed by atoms with Gasteiger partial charge in [-0.2, -0.15) is 5.10 Å². The first-order valence-corrected chi connectivity index (χ1v) is 5.11. The zero-order valence-electron chi connectivity index (χ0n) is 8.79.